The van der Waals surface area contributed by atoms with Gasteiger partial charge in [-0.2, -0.15) is 0 Å². The first kappa shape index (κ1) is 17.7. The SMILES string of the molecule is O=C1CCCN1c1cncc(Nc2ncc(Cl)c(-c3ccccc3Cl)n2)c1. The van der Waals surface area contributed by atoms with Gasteiger partial charge in [-0.25, -0.2) is 9.97 Å². The van der Waals surface area contributed by atoms with Crippen LogP contribution in [0, 0.1) is 0 Å². The van der Waals surface area contributed by atoms with E-state index < -0.39 is 0 Å². The molecule has 1 aromatic carbocycles. The summed E-state index contributed by atoms with van der Waals surface area (Å²) in [6.45, 7) is 0.706. The number of hydrogen-bond acceptors (Lipinski definition) is 5. The van der Waals surface area contributed by atoms with E-state index in [9.17, 15) is 4.79 Å². The molecule has 1 saturated heterocycles. The normalized spacial score (nSPS) is 13.9. The molecule has 0 spiro atoms. The van der Waals surface area contributed by atoms with Gasteiger partial charge >= 0.3 is 0 Å². The standard InChI is InChI=1S/C19H15Cl2N5O/c20-15-5-2-1-4-14(15)18-16(21)11-23-19(25-18)24-12-8-13(10-22-9-12)26-7-3-6-17(26)27/h1-2,4-5,8-11H,3,6-7H2,(H,23,24,25). The molecule has 8 heteroatoms. The largest absolute Gasteiger partial charge is 0.323 e. The summed E-state index contributed by atoms with van der Waals surface area (Å²) in [5.41, 5.74) is 2.70. The van der Waals surface area contributed by atoms with Crippen LogP contribution in [0.15, 0.2) is 48.9 Å². The molecule has 4 rings (SSSR count). The molecule has 0 radical (unpaired) electrons. The van der Waals surface area contributed by atoms with Crippen molar-refractivity contribution in [1.82, 2.24) is 15.0 Å². The van der Waals surface area contributed by atoms with Gasteiger partial charge in [-0.15, -0.1) is 0 Å². The first-order chi connectivity index (χ1) is 13.1. The maximum Gasteiger partial charge on any atom is 0.227 e. The molecule has 1 fully saturated rings. The number of carbonyl (C=O) groups excluding carboxylic acids is 1. The maximum absolute atomic E-state index is 11.9. The second-order valence-electron chi connectivity index (χ2n) is 6.08. The molecule has 1 amide bonds. The molecule has 1 N–H and O–H groups in total. The Labute approximate surface area is 166 Å². The number of nitrogens with zero attached hydrogens (tertiary/aromatic N) is 4. The van der Waals surface area contributed by atoms with Gasteiger partial charge in [-0.1, -0.05) is 41.4 Å². The topological polar surface area (TPSA) is 71.0 Å². The Morgan fingerprint density at radius 2 is 1.93 bits per heavy atom. The lowest BCUT2D eigenvalue weighted by atomic mass is 10.1. The third kappa shape index (κ3) is 3.72. The van der Waals surface area contributed by atoms with Crippen LogP contribution in [-0.2, 0) is 4.79 Å². The number of pyridine rings is 1. The van der Waals surface area contributed by atoms with Crippen LogP contribution in [0.2, 0.25) is 10.0 Å². The van der Waals surface area contributed by atoms with Crippen molar-refractivity contribution in [2.45, 2.75) is 12.8 Å². The van der Waals surface area contributed by atoms with Crippen molar-refractivity contribution < 1.29 is 4.79 Å². The van der Waals surface area contributed by atoms with Crippen molar-refractivity contribution in [3.8, 4) is 11.3 Å². The summed E-state index contributed by atoms with van der Waals surface area (Å²) < 4.78 is 0. The van der Waals surface area contributed by atoms with Crippen LogP contribution < -0.4 is 10.2 Å². The summed E-state index contributed by atoms with van der Waals surface area (Å²) in [5, 5.41) is 4.08. The van der Waals surface area contributed by atoms with E-state index in [2.05, 4.69) is 20.3 Å². The molecule has 0 saturated carbocycles. The van der Waals surface area contributed by atoms with Gasteiger partial charge < -0.3 is 10.2 Å². The molecule has 27 heavy (non-hydrogen) atoms. The van der Waals surface area contributed by atoms with Gasteiger partial charge in [0.15, 0.2) is 0 Å². The highest BCUT2D eigenvalue weighted by atomic mass is 35.5. The monoisotopic (exact) mass is 399 g/mol. The van der Waals surface area contributed by atoms with Gasteiger partial charge in [0.25, 0.3) is 0 Å². The van der Waals surface area contributed by atoms with Gasteiger partial charge in [0, 0.05) is 18.5 Å². The molecule has 0 aliphatic carbocycles. The van der Waals surface area contributed by atoms with Gasteiger partial charge in [-0.05, 0) is 18.6 Å². The van der Waals surface area contributed by atoms with Crippen molar-refractivity contribution in [2.75, 3.05) is 16.8 Å². The summed E-state index contributed by atoms with van der Waals surface area (Å²) in [5.74, 6) is 0.471. The zero-order chi connectivity index (χ0) is 18.8. The molecule has 0 bridgehead atoms. The smallest absolute Gasteiger partial charge is 0.227 e. The number of amides is 1. The second-order valence-corrected chi connectivity index (χ2v) is 6.89. The summed E-state index contributed by atoms with van der Waals surface area (Å²) >= 11 is 12.5. The molecule has 3 aromatic rings. The Bertz CT molecular complexity index is 1010. The van der Waals surface area contributed by atoms with Crippen LogP contribution in [0.5, 0.6) is 0 Å². The predicted octanol–water partition coefficient (Wildman–Crippen LogP) is 4.72. The highest BCUT2D eigenvalue weighted by Crippen LogP contribution is 2.32. The lowest BCUT2D eigenvalue weighted by Gasteiger charge is -2.16. The second kappa shape index (κ2) is 7.50. The molecular weight excluding hydrogens is 385 g/mol. The molecule has 1 aliphatic rings. The Morgan fingerprint density at radius 3 is 2.70 bits per heavy atom. The molecule has 3 heterocycles. The predicted molar refractivity (Wildman–Crippen MR) is 107 cm³/mol. The minimum absolute atomic E-state index is 0.109. The van der Waals surface area contributed by atoms with Crippen molar-refractivity contribution in [2.24, 2.45) is 0 Å². The average Bonchev–Trinajstić information content (AvgIpc) is 3.10. The van der Waals surface area contributed by atoms with Crippen LogP contribution in [0.1, 0.15) is 12.8 Å². The molecule has 0 atom stereocenters. The number of carbonyl (C=O) groups is 1. The summed E-state index contributed by atoms with van der Waals surface area (Å²) in [6, 6.07) is 9.19. The fraction of sp³-hybridized carbons (Fsp3) is 0.158. The van der Waals surface area contributed by atoms with E-state index in [-0.39, 0.29) is 5.91 Å². The van der Waals surface area contributed by atoms with Gasteiger partial charge in [0.1, 0.15) is 0 Å². The highest BCUT2D eigenvalue weighted by Gasteiger charge is 2.22. The van der Waals surface area contributed by atoms with Crippen LogP contribution in [0.3, 0.4) is 0 Å². The number of hydrogen-bond donors (Lipinski definition) is 1. The Hall–Kier alpha value is -2.70. The molecule has 2 aromatic heterocycles. The van der Waals surface area contributed by atoms with Crippen molar-refractivity contribution in [1.29, 1.82) is 0 Å². The Morgan fingerprint density at radius 1 is 1.07 bits per heavy atom. The molecule has 1 aliphatic heterocycles. The van der Waals surface area contributed by atoms with Crippen LogP contribution in [0.4, 0.5) is 17.3 Å². The summed E-state index contributed by atoms with van der Waals surface area (Å²) in [6.07, 6.45) is 6.28. The zero-order valence-corrected chi connectivity index (χ0v) is 15.7. The number of anilines is 3. The van der Waals surface area contributed by atoms with E-state index in [0.29, 0.717) is 40.3 Å². The fourth-order valence-corrected chi connectivity index (χ4v) is 3.38. The number of aromatic nitrogens is 3. The lowest BCUT2D eigenvalue weighted by Crippen LogP contribution is -2.23. The van der Waals surface area contributed by atoms with E-state index in [1.54, 1.807) is 23.4 Å². The van der Waals surface area contributed by atoms with E-state index >= 15 is 0 Å². The van der Waals surface area contributed by atoms with E-state index in [1.165, 1.54) is 6.20 Å². The lowest BCUT2D eigenvalue weighted by molar-refractivity contribution is -0.117. The van der Waals surface area contributed by atoms with Crippen molar-refractivity contribution >= 4 is 46.4 Å². The highest BCUT2D eigenvalue weighted by molar-refractivity contribution is 6.36. The maximum atomic E-state index is 11.9. The van der Waals surface area contributed by atoms with E-state index in [1.807, 2.05) is 24.3 Å². The zero-order valence-electron chi connectivity index (χ0n) is 14.2. The van der Waals surface area contributed by atoms with Gasteiger partial charge in [0.2, 0.25) is 11.9 Å². The first-order valence-corrected chi connectivity index (χ1v) is 9.17. The molecule has 6 nitrogen and oxygen atoms in total. The Balaban J connectivity index is 1.63. The quantitative estimate of drug-likeness (QED) is 0.687. The van der Waals surface area contributed by atoms with Gasteiger partial charge in [0.05, 0.1) is 45.7 Å². The van der Waals surface area contributed by atoms with Crippen LogP contribution in [0.25, 0.3) is 11.3 Å². The van der Waals surface area contributed by atoms with E-state index in [0.717, 1.165) is 17.7 Å². The minimum atomic E-state index is 0.109. The molecule has 0 unspecified atom stereocenters. The number of nitrogens with one attached hydrogen (secondary N) is 1. The number of benzene rings is 1. The number of rotatable bonds is 4. The third-order valence-corrected chi connectivity index (χ3v) is 4.84. The van der Waals surface area contributed by atoms with Crippen LogP contribution >= 0.6 is 23.2 Å². The van der Waals surface area contributed by atoms with E-state index in [4.69, 9.17) is 23.2 Å². The van der Waals surface area contributed by atoms with Crippen LogP contribution in [-0.4, -0.2) is 27.4 Å². The fourth-order valence-electron chi connectivity index (χ4n) is 2.96. The third-order valence-electron chi connectivity index (χ3n) is 4.24. The summed E-state index contributed by atoms with van der Waals surface area (Å²) in [4.78, 5) is 26.6. The average molecular weight is 400 g/mol. The summed E-state index contributed by atoms with van der Waals surface area (Å²) in [7, 11) is 0. The van der Waals surface area contributed by atoms with Crippen molar-refractivity contribution in [3.05, 3.63) is 59.0 Å². The van der Waals surface area contributed by atoms with Crippen molar-refractivity contribution in [3.63, 3.8) is 0 Å². The number of halogens is 2. The van der Waals surface area contributed by atoms with Gasteiger partial charge in [-0.3, -0.25) is 9.78 Å². The Kier molecular flexibility index (Phi) is 4.92. The molecular formula is C19H15Cl2N5O. The minimum Gasteiger partial charge on any atom is -0.323 e. The first-order valence-electron chi connectivity index (χ1n) is 8.42. The molecule has 136 valence electrons.